The lowest BCUT2D eigenvalue weighted by Crippen LogP contribution is -2.49. The summed E-state index contributed by atoms with van der Waals surface area (Å²) in [6, 6.07) is 0. The first-order valence-corrected chi connectivity index (χ1v) is 7.83. The predicted molar refractivity (Wildman–Crippen MR) is 78.0 cm³/mol. The number of nitrogens with one attached hydrogen (secondary N) is 1. The Morgan fingerprint density at radius 3 is 2.33 bits per heavy atom. The van der Waals surface area contributed by atoms with E-state index in [0.717, 1.165) is 0 Å². The average Bonchev–Trinajstić information content (AvgIpc) is 2.99. The molecule has 2 aliphatic rings. The lowest BCUT2D eigenvalue weighted by molar-refractivity contribution is 0.153. The predicted octanol–water partition coefficient (Wildman–Crippen LogP) is 1.94. The number of likely N-dealkylation sites (tertiary alicyclic amines) is 1. The van der Waals surface area contributed by atoms with Gasteiger partial charge in [0.25, 0.3) is 0 Å². The van der Waals surface area contributed by atoms with Crippen LogP contribution < -0.4 is 5.32 Å². The molecule has 1 aliphatic carbocycles. The minimum atomic E-state index is 0.452. The number of nitrogens with zero attached hydrogens (tertiary/aromatic N) is 2. The van der Waals surface area contributed by atoms with Gasteiger partial charge in [0.2, 0.25) is 0 Å². The standard InChI is InChI=1S/C15H31N3/c1-17(2)15(8-3-4-9-15)14-16-10-7-13-18-11-5-6-12-18/h16H,3-14H2,1-2H3. The fourth-order valence-electron chi connectivity index (χ4n) is 3.57. The lowest BCUT2D eigenvalue weighted by Gasteiger charge is -2.36. The fourth-order valence-corrected chi connectivity index (χ4v) is 3.57. The van der Waals surface area contributed by atoms with E-state index in [1.165, 1.54) is 77.7 Å². The Kier molecular flexibility index (Phi) is 5.46. The maximum absolute atomic E-state index is 3.71. The van der Waals surface area contributed by atoms with Crippen LogP contribution in [-0.2, 0) is 0 Å². The Balaban J connectivity index is 1.58. The highest BCUT2D eigenvalue weighted by Crippen LogP contribution is 2.32. The van der Waals surface area contributed by atoms with Crippen molar-refractivity contribution in [2.75, 3.05) is 46.8 Å². The first kappa shape index (κ1) is 14.3. The van der Waals surface area contributed by atoms with Crippen molar-refractivity contribution in [1.82, 2.24) is 15.1 Å². The Labute approximate surface area is 113 Å². The summed E-state index contributed by atoms with van der Waals surface area (Å²) in [7, 11) is 4.49. The van der Waals surface area contributed by atoms with Gasteiger partial charge in [-0.2, -0.15) is 0 Å². The molecule has 1 saturated heterocycles. The van der Waals surface area contributed by atoms with Gasteiger partial charge >= 0.3 is 0 Å². The van der Waals surface area contributed by atoms with Crippen LogP contribution in [0.4, 0.5) is 0 Å². The lowest BCUT2D eigenvalue weighted by atomic mass is 9.96. The molecule has 1 aliphatic heterocycles. The molecule has 106 valence electrons. The van der Waals surface area contributed by atoms with Gasteiger partial charge in [-0.15, -0.1) is 0 Å². The van der Waals surface area contributed by atoms with E-state index in [1.54, 1.807) is 0 Å². The molecule has 3 nitrogen and oxygen atoms in total. The van der Waals surface area contributed by atoms with E-state index in [2.05, 4.69) is 29.2 Å². The van der Waals surface area contributed by atoms with Crippen LogP contribution in [0.1, 0.15) is 44.9 Å². The maximum Gasteiger partial charge on any atom is 0.0327 e. The van der Waals surface area contributed by atoms with Crippen molar-refractivity contribution in [1.29, 1.82) is 0 Å². The molecule has 0 atom stereocenters. The van der Waals surface area contributed by atoms with Gasteiger partial charge in [0, 0.05) is 12.1 Å². The van der Waals surface area contributed by atoms with Gasteiger partial charge in [0.05, 0.1) is 0 Å². The van der Waals surface area contributed by atoms with Crippen molar-refractivity contribution >= 4 is 0 Å². The first-order chi connectivity index (χ1) is 8.73. The van der Waals surface area contributed by atoms with Crippen molar-refractivity contribution < 1.29 is 0 Å². The van der Waals surface area contributed by atoms with Crippen molar-refractivity contribution in [2.45, 2.75) is 50.5 Å². The summed E-state index contributed by atoms with van der Waals surface area (Å²) < 4.78 is 0. The Hall–Kier alpha value is -0.120. The number of hydrogen-bond acceptors (Lipinski definition) is 3. The molecule has 2 rings (SSSR count). The van der Waals surface area contributed by atoms with Crippen molar-refractivity contribution in [3.05, 3.63) is 0 Å². The van der Waals surface area contributed by atoms with Gasteiger partial charge < -0.3 is 15.1 Å². The maximum atomic E-state index is 3.71. The molecule has 0 aromatic carbocycles. The third-order valence-corrected chi connectivity index (χ3v) is 4.96. The minimum absolute atomic E-state index is 0.452. The molecule has 0 bridgehead atoms. The van der Waals surface area contributed by atoms with Gasteiger partial charge in [-0.3, -0.25) is 0 Å². The monoisotopic (exact) mass is 253 g/mol. The molecule has 1 saturated carbocycles. The van der Waals surface area contributed by atoms with Crippen LogP contribution in [0.5, 0.6) is 0 Å². The summed E-state index contributed by atoms with van der Waals surface area (Å²) >= 11 is 0. The Bertz CT molecular complexity index is 228. The Morgan fingerprint density at radius 2 is 1.72 bits per heavy atom. The minimum Gasteiger partial charge on any atom is -0.315 e. The molecule has 3 heteroatoms. The zero-order valence-corrected chi connectivity index (χ0v) is 12.4. The van der Waals surface area contributed by atoms with Crippen molar-refractivity contribution in [2.24, 2.45) is 0 Å². The molecular formula is C15H31N3. The van der Waals surface area contributed by atoms with E-state index in [-0.39, 0.29) is 0 Å². The number of likely N-dealkylation sites (N-methyl/N-ethyl adjacent to an activating group) is 1. The second kappa shape index (κ2) is 6.88. The van der Waals surface area contributed by atoms with Gasteiger partial charge in [0.1, 0.15) is 0 Å². The SMILES string of the molecule is CN(C)C1(CNCCCN2CCCC2)CCCC1. The quantitative estimate of drug-likeness (QED) is 0.700. The van der Waals surface area contributed by atoms with Crippen LogP contribution >= 0.6 is 0 Å². The summed E-state index contributed by atoms with van der Waals surface area (Å²) in [4.78, 5) is 5.06. The summed E-state index contributed by atoms with van der Waals surface area (Å²) in [6.45, 7) is 6.33. The molecule has 0 spiro atoms. The topological polar surface area (TPSA) is 18.5 Å². The first-order valence-electron chi connectivity index (χ1n) is 7.83. The van der Waals surface area contributed by atoms with E-state index in [9.17, 15) is 0 Å². The third kappa shape index (κ3) is 3.69. The van der Waals surface area contributed by atoms with Crippen LogP contribution in [0, 0.1) is 0 Å². The second-order valence-electron chi connectivity index (χ2n) is 6.40. The third-order valence-electron chi connectivity index (χ3n) is 4.96. The zero-order chi connectivity index (χ0) is 12.8. The molecule has 1 N–H and O–H groups in total. The largest absolute Gasteiger partial charge is 0.315 e. The summed E-state index contributed by atoms with van der Waals surface area (Å²) in [5.74, 6) is 0. The van der Waals surface area contributed by atoms with Crippen molar-refractivity contribution in [3.8, 4) is 0 Å². The average molecular weight is 253 g/mol. The molecule has 0 unspecified atom stereocenters. The normalized spacial score (nSPS) is 24.2. The summed E-state index contributed by atoms with van der Waals surface area (Å²) in [6.07, 6.45) is 9.71. The highest BCUT2D eigenvalue weighted by atomic mass is 15.2. The summed E-state index contributed by atoms with van der Waals surface area (Å²) in [5, 5.41) is 3.71. The van der Waals surface area contributed by atoms with E-state index in [4.69, 9.17) is 0 Å². The van der Waals surface area contributed by atoms with Gasteiger partial charge in [-0.25, -0.2) is 0 Å². The molecular weight excluding hydrogens is 222 g/mol. The molecule has 0 aromatic rings. The highest BCUT2D eigenvalue weighted by molar-refractivity contribution is 4.94. The number of hydrogen-bond donors (Lipinski definition) is 1. The van der Waals surface area contributed by atoms with E-state index >= 15 is 0 Å². The van der Waals surface area contributed by atoms with Crippen LogP contribution in [0.3, 0.4) is 0 Å². The molecule has 0 amide bonds. The molecule has 2 fully saturated rings. The van der Waals surface area contributed by atoms with E-state index in [0.29, 0.717) is 5.54 Å². The second-order valence-corrected chi connectivity index (χ2v) is 6.40. The van der Waals surface area contributed by atoms with Gasteiger partial charge in [-0.1, -0.05) is 12.8 Å². The molecule has 0 radical (unpaired) electrons. The molecule has 0 aromatic heterocycles. The fraction of sp³-hybridized carbons (Fsp3) is 1.00. The van der Waals surface area contributed by atoms with Crippen LogP contribution in [0.15, 0.2) is 0 Å². The number of rotatable bonds is 7. The van der Waals surface area contributed by atoms with Crippen LogP contribution in [0.25, 0.3) is 0 Å². The smallest absolute Gasteiger partial charge is 0.0327 e. The van der Waals surface area contributed by atoms with Gasteiger partial charge in [0.15, 0.2) is 0 Å². The highest BCUT2D eigenvalue weighted by Gasteiger charge is 2.35. The zero-order valence-electron chi connectivity index (χ0n) is 12.4. The Morgan fingerprint density at radius 1 is 1.06 bits per heavy atom. The summed E-state index contributed by atoms with van der Waals surface area (Å²) in [5.41, 5.74) is 0.452. The van der Waals surface area contributed by atoms with Gasteiger partial charge in [-0.05, 0) is 72.4 Å². The molecule has 18 heavy (non-hydrogen) atoms. The van der Waals surface area contributed by atoms with Crippen LogP contribution in [-0.4, -0.2) is 62.2 Å². The van der Waals surface area contributed by atoms with Crippen molar-refractivity contribution in [3.63, 3.8) is 0 Å². The van der Waals surface area contributed by atoms with Crippen LogP contribution in [0.2, 0.25) is 0 Å². The van der Waals surface area contributed by atoms with E-state index < -0.39 is 0 Å². The molecule has 1 heterocycles. The van der Waals surface area contributed by atoms with E-state index in [1.807, 2.05) is 0 Å².